The van der Waals surface area contributed by atoms with Gasteiger partial charge in [0.1, 0.15) is 5.82 Å². The summed E-state index contributed by atoms with van der Waals surface area (Å²) in [5.41, 5.74) is 0.851. The van der Waals surface area contributed by atoms with Gasteiger partial charge in [-0.15, -0.1) is 0 Å². The summed E-state index contributed by atoms with van der Waals surface area (Å²) >= 11 is 3.44. The van der Waals surface area contributed by atoms with Crippen LogP contribution in [0.25, 0.3) is 0 Å². The van der Waals surface area contributed by atoms with Crippen LogP contribution >= 0.6 is 15.9 Å². The maximum absolute atomic E-state index is 13.9. The highest BCUT2D eigenvalue weighted by atomic mass is 79.9. The average Bonchev–Trinajstić information content (AvgIpc) is 2.42. The Bertz CT molecular complexity index is 408. The molecule has 1 fully saturated rings. The Morgan fingerprint density at radius 1 is 1.32 bits per heavy atom. The highest BCUT2D eigenvalue weighted by molar-refractivity contribution is 9.10. The van der Waals surface area contributed by atoms with E-state index >= 15 is 0 Å². The Kier molecular flexibility index (Phi) is 5.83. The highest BCUT2D eigenvalue weighted by Crippen LogP contribution is 2.29. The van der Waals surface area contributed by atoms with Gasteiger partial charge < -0.3 is 5.32 Å². The van der Waals surface area contributed by atoms with Crippen LogP contribution in [0.1, 0.15) is 44.6 Å². The Morgan fingerprint density at radius 3 is 2.89 bits per heavy atom. The molecule has 106 valence electrons. The molecule has 2 atom stereocenters. The fourth-order valence-corrected chi connectivity index (χ4v) is 3.44. The zero-order valence-corrected chi connectivity index (χ0v) is 13.2. The van der Waals surface area contributed by atoms with E-state index in [-0.39, 0.29) is 5.82 Å². The van der Waals surface area contributed by atoms with Crippen LogP contribution in [0.2, 0.25) is 0 Å². The fourth-order valence-electron chi connectivity index (χ4n) is 3.03. The molecule has 2 rings (SSSR count). The Morgan fingerprint density at radius 2 is 2.11 bits per heavy atom. The van der Waals surface area contributed by atoms with Crippen LogP contribution in [0.15, 0.2) is 22.7 Å². The first kappa shape index (κ1) is 15.0. The van der Waals surface area contributed by atoms with E-state index in [4.69, 9.17) is 0 Å². The highest BCUT2D eigenvalue weighted by Gasteiger charge is 2.25. The van der Waals surface area contributed by atoms with Gasteiger partial charge in [-0.1, -0.05) is 35.7 Å². The third-order valence-electron chi connectivity index (χ3n) is 4.06. The van der Waals surface area contributed by atoms with Gasteiger partial charge in [0.25, 0.3) is 0 Å². The van der Waals surface area contributed by atoms with Crippen molar-refractivity contribution >= 4 is 15.9 Å². The van der Waals surface area contributed by atoms with Crippen molar-refractivity contribution in [1.29, 1.82) is 0 Å². The minimum absolute atomic E-state index is 0.0667. The van der Waals surface area contributed by atoms with E-state index in [1.165, 1.54) is 25.7 Å². The predicted octanol–water partition coefficient (Wildman–Crippen LogP) is 4.69. The maximum atomic E-state index is 13.9. The molecule has 1 aromatic rings. The molecule has 0 bridgehead atoms. The van der Waals surface area contributed by atoms with E-state index < -0.39 is 0 Å². The number of nitrogens with one attached hydrogen (secondary N) is 1. The smallest absolute Gasteiger partial charge is 0.126 e. The molecule has 0 saturated heterocycles. The van der Waals surface area contributed by atoms with Gasteiger partial charge >= 0.3 is 0 Å². The molecule has 1 aliphatic rings. The first-order valence-electron chi connectivity index (χ1n) is 7.38. The third-order valence-corrected chi connectivity index (χ3v) is 4.55. The first-order valence-corrected chi connectivity index (χ1v) is 8.17. The van der Waals surface area contributed by atoms with Gasteiger partial charge in [0.15, 0.2) is 0 Å². The van der Waals surface area contributed by atoms with Crippen molar-refractivity contribution < 1.29 is 4.39 Å². The summed E-state index contributed by atoms with van der Waals surface area (Å²) in [6.45, 7) is 3.26. The summed E-state index contributed by atoms with van der Waals surface area (Å²) < 4.78 is 14.8. The van der Waals surface area contributed by atoms with Crippen LogP contribution in [-0.4, -0.2) is 12.6 Å². The molecule has 0 amide bonds. The van der Waals surface area contributed by atoms with E-state index in [9.17, 15) is 4.39 Å². The summed E-state index contributed by atoms with van der Waals surface area (Å²) in [7, 11) is 0. The molecule has 0 aliphatic heterocycles. The molecule has 1 aliphatic carbocycles. The van der Waals surface area contributed by atoms with Gasteiger partial charge in [-0.3, -0.25) is 0 Å². The molecule has 19 heavy (non-hydrogen) atoms. The third kappa shape index (κ3) is 4.28. The number of halogens is 2. The quantitative estimate of drug-likeness (QED) is 0.827. The number of benzene rings is 1. The molecule has 0 spiro atoms. The Labute approximate surface area is 124 Å². The number of rotatable bonds is 5. The average molecular weight is 328 g/mol. The van der Waals surface area contributed by atoms with Crippen LogP contribution in [0.4, 0.5) is 4.39 Å². The molecular weight excluding hydrogens is 305 g/mol. The summed E-state index contributed by atoms with van der Waals surface area (Å²) in [4.78, 5) is 0. The maximum Gasteiger partial charge on any atom is 0.126 e. The van der Waals surface area contributed by atoms with Crippen LogP contribution < -0.4 is 5.32 Å². The van der Waals surface area contributed by atoms with Gasteiger partial charge in [0.05, 0.1) is 0 Å². The van der Waals surface area contributed by atoms with E-state index in [0.29, 0.717) is 12.0 Å². The van der Waals surface area contributed by atoms with Crippen LogP contribution in [0, 0.1) is 11.7 Å². The van der Waals surface area contributed by atoms with E-state index in [1.807, 2.05) is 6.07 Å². The predicted molar refractivity (Wildman–Crippen MR) is 81.8 cm³/mol. The van der Waals surface area contributed by atoms with Gasteiger partial charge in [0.2, 0.25) is 0 Å². The largest absolute Gasteiger partial charge is 0.314 e. The Hall–Kier alpha value is -0.410. The second-order valence-electron chi connectivity index (χ2n) is 5.55. The minimum atomic E-state index is -0.0667. The number of hydrogen-bond acceptors (Lipinski definition) is 1. The lowest BCUT2D eigenvalue weighted by atomic mass is 9.80. The molecule has 1 saturated carbocycles. The Balaban J connectivity index is 2.04. The molecule has 3 heteroatoms. The summed E-state index contributed by atoms with van der Waals surface area (Å²) in [6.07, 6.45) is 7.05. The summed E-state index contributed by atoms with van der Waals surface area (Å²) in [5.74, 6) is 0.507. The normalized spacial score (nSPS) is 23.5. The summed E-state index contributed by atoms with van der Waals surface area (Å²) in [6, 6.07) is 5.83. The molecule has 1 aromatic carbocycles. The van der Waals surface area contributed by atoms with E-state index in [2.05, 4.69) is 28.2 Å². The van der Waals surface area contributed by atoms with Gasteiger partial charge in [-0.05, 0) is 61.9 Å². The number of hydrogen-bond donors (Lipinski definition) is 1. The van der Waals surface area contributed by atoms with Gasteiger partial charge in [0, 0.05) is 10.5 Å². The zero-order valence-electron chi connectivity index (χ0n) is 11.6. The molecule has 1 N–H and O–H groups in total. The van der Waals surface area contributed by atoms with E-state index in [1.54, 1.807) is 12.1 Å². The molecule has 0 aromatic heterocycles. The molecule has 0 radical (unpaired) electrons. The molecule has 0 heterocycles. The molecule has 2 unspecified atom stereocenters. The second-order valence-corrected chi connectivity index (χ2v) is 6.46. The van der Waals surface area contributed by atoms with E-state index in [0.717, 1.165) is 29.4 Å². The van der Waals surface area contributed by atoms with Crippen molar-refractivity contribution in [2.45, 2.75) is 51.5 Å². The van der Waals surface area contributed by atoms with Crippen LogP contribution in [0.5, 0.6) is 0 Å². The van der Waals surface area contributed by atoms with Gasteiger partial charge in [-0.2, -0.15) is 0 Å². The topological polar surface area (TPSA) is 12.0 Å². The van der Waals surface area contributed by atoms with Crippen molar-refractivity contribution in [3.05, 3.63) is 34.1 Å². The lowest BCUT2D eigenvalue weighted by Gasteiger charge is -2.32. The van der Waals surface area contributed by atoms with Crippen molar-refractivity contribution in [3.8, 4) is 0 Å². The second kappa shape index (κ2) is 7.39. The monoisotopic (exact) mass is 327 g/mol. The van der Waals surface area contributed by atoms with Crippen molar-refractivity contribution in [2.75, 3.05) is 6.54 Å². The van der Waals surface area contributed by atoms with Gasteiger partial charge in [-0.25, -0.2) is 4.39 Å². The summed E-state index contributed by atoms with van der Waals surface area (Å²) in [5, 5.41) is 3.64. The molecular formula is C16H23BrFN. The SMILES string of the molecule is CCCNC1CCCCC1Cc1cc(Br)ccc1F. The zero-order chi connectivity index (χ0) is 13.7. The fraction of sp³-hybridized carbons (Fsp3) is 0.625. The van der Waals surface area contributed by atoms with Crippen molar-refractivity contribution in [2.24, 2.45) is 5.92 Å². The van der Waals surface area contributed by atoms with Crippen LogP contribution in [0.3, 0.4) is 0 Å². The van der Waals surface area contributed by atoms with Crippen molar-refractivity contribution in [3.63, 3.8) is 0 Å². The first-order chi connectivity index (χ1) is 9.20. The van der Waals surface area contributed by atoms with Crippen molar-refractivity contribution in [1.82, 2.24) is 5.32 Å². The molecule has 1 nitrogen and oxygen atoms in total. The standard InChI is InChI=1S/C16H23BrFN/c1-2-9-19-16-6-4-3-5-12(16)10-13-11-14(17)7-8-15(13)18/h7-8,11-12,16,19H,2-6,9-10H2,1H3. The lowest BCUT2D eigenvalue weighted by Crippen LogP contribution is -2.40. The minimum Gasteiger partial charge on any atom is -0.314 e. The lowest BCUT2D eigenvalue weighted by molar-refractivity contribution is 0.259. The van der Waals surface area contributed by atoms with Crippen LogP contribution in [-0.2, 0) is 6.42 Å².